The zero-order valence-electron chi connectivity index (χ0n) is 22.0. The van der Waals surface area contributed by atoms with Gasteiger partial charge in [-0.2, -0.15) is 0 Å². The van der Waals surface area contributed by atoms with Gasteiger partial charge in [-0.15, -0.1) is 0 Å². The lowest BCUT2D eigenvalue weighted by molar-refractivity contribution is -0.147. The number of benzene rings is 2. The molecular formula is C29H35ClN2O6. The number of esters is 1. The lowest BCUT2D eigenvalue weighted by atomic mass is 9.78. The first-order valence-electron chi connectivity index (χ1n) is 13.1. The summed E-state index contributed by atoms with van der Waals surface area (Å²) in [4.78, 5) is 39.7. The second kappa shape index (κ2) is 12.2. The number of aliphatic hydroxyl groups is 1. The maximum atomic E-state index is 13.3. The first kappa shape index (κ1) is 27.9. The van der Waals surface area contributed by atoms with E-state index in [4.69, 9.17) is 21.1 Å². The molecule has 1 saturated carbocycles. The van der Waals surface area contributed by atoms with E-state index in [1.165, 1.54) is 14.2 Å². The van der Waals surface area contributed by atoms with E-state index >= 15 is 0 Å². The fraction of sp³-hybridized carbons (Fsp3) is 0.483. The van der Waals surface area contributed by atoms with Gasteiger partial charge in [-0.1, -0.05) is 42.6 Å². The molecule has 0 radical (unpaired) electrons. The Morgan fingerprint density at radius 2 is 1.82 bits per heavy atom. The minimum absolute atomic E-state index is 0.0665. The first-order chi connectivity index (χ1) is 18.2. The average molecular weight is 543 g/mol. The van der Waals surface area contributed by atoms with Crippen molar-refractivity contribution in [3.8, 4) is 0 Å². The smallest absolute Gasteiger partial charge is 0.414 e. The van der Waals surface area contributed by atoms with Crippen molar-refractivity contribution in [1.29, 1.82) is 0 Å². The van der Waals surface area contributed by atoms with Gasteiger partial charge >= 0.3 is 12.1 Å². The zero-order valence-corrected chi connectivity index (χ0v) is 22.8. The van der Waals surface area contributed by atoms with Gasteiger partial charge in [0.05, 0.1) is 25.8 Å². The van der Waals surface area contributed by atoms with Crippen LogP contribution in [0.2, 0.25) is 5.02 Å². The van der Waals surface area contributed by atoms with Crippen LogP contribution in [0, 0.1) is 11.8 Å². The number of methoxy groups -OCH3 is 2. The Morgan fingerprint density at radius 3 is 2.50 bits per heavy atom. The topological polar surface area (TPSA) is 105 Å². The molecule has 1 aliphatic carbocycles. The highest BCUT2D eigenvalue weighted by molar-refractivity contribution is 6.30. The first-order valence-corrected chi connectivity index (χ1v) is 13.4. The van der Waals surface area contributed by atoms with E-state index in [9.17, 15) is 19.5 Å². The Kier molecular flexibility index (Phi) is 8.95. The van der Waals surface area contributed by atoms with Crippen LogP contribution in [-0.2, 0) is 31.9 Å². The van der Waals surface area contributed by atoms with Gasteiger partial charge in [0.2, 0.25) is 0 Å². The summed E-state index contributed by atoms with van der Waals surface area (Å²) in [6, 6.07) is 10.2. The number of rotatable bonds is 6. The standard InChI is InChI=1S/C29H35ClN2O6/c1-17-7-13-23-24(32(17)29(36)38-3)14-10-20(15-18-5-4-6-21(16-18)28(35)37-2)25(23)31-27(34)26(33)19-8-11-22(30)12-9-19/h8-12,14,17-18,21,26,33H,4-7,13,15-16H2,1-3H3,(H,31,34)/t17-,18-,21+,26?/m0/s1. The highest BCUT2D eigenvalue weighted by Crippen LogP contribution is 2.41. The third kappa shape index (κ3) is 5.97. The van der Waals surface area contributed by atoms with Crippen LogP contribution in [0.25, 0.3) is 0 Å². The Labute approximate surface area is 228 Å². The predicted molar refractivity (Wildman–Crippen MR) is 145 cm³/mol. The maximum Gasteiger partial charge on any atom is 0.414 e. The summed E-state index contributed by atoms with van der Waals surface area (Å²) in [6.07, 6.45) is 3.58. The molecule has 4 rings (SSSR count). The summed E-state index contributed by atoms with van der Waals surface area (Å²) in [5.41, 5.74) is 3.47. The van der Waals surface area contributed by atoms with Crippen molar-refractivity contribution in [2.45, 2.75) is 64.0 Å². The van der Waals surface area contributed by atoms with Crippen molar-refractivity contribution in [3.63, 3.8) is 0 Å². The molecule has 1 unspecified atom stereocenters. The van der Waals surface area contributed by atoms with E-state index < -0.39 is 18.1 Å². The van der Waals surface area contributed by atoms with Crippen LogP contribution in [0.3, 0.4) is 0 Å². The predicted octanol–water partition coefficient (Wildman–Crippen LogP) is 5.44. The SMILES string of the molecule is COC(=O)[C@@H]1CCC[C@@H](Cc2ccc3c(c2NC(=O)C(O)c2ccc(Cl)cc2)CC[C@H](C)N3C(=O)OC)C1. The van der Waals surface area contributed by atoms with Gasteiger partial charge < -0.3 is 19.9 Å². The number of hydrogen-bond donors (Lipinski definition) is 2. The molecule has 204 valence electrons. The third-order valence-corrected chi connectivity index (χ3v) is 8.02. The van der Waals surface area contributed by atoms with E-state index in [1.807, 2.05) is 19.1 Å². The number of halogens is 1. The van der Waals surface area contributed by atoms with E-state index in [2.05, 4.69) is 5.32 Å². The van der Waals surface area contributed by atoms with Crippen molar-refractivity contribution in [3.05, 3.63) is 58.1 Å². The molecule has 2 aromatic rings. The van der Waals surface area contributed by atoms with Gasteiger partial charge in [0.1, 0.15) is 0 Å². The minimum Gasteiger partial charge on any atom is -0.469 e. The average Bonchev–Trinajstić information content (AvgIpc) is 2.93. The molecule has 1 aliphatic heterocycles. The summed E-state index contributed by atoms with van der Waals surface area (Å²) >= 11 is 5.97. The van der Waals surface area contributed by atoms with E-state index in [0.717, 1.165) is 36.8 Å². The number of amides is 2. The molecule has 1 fully saturated rings. The molecular weight excluding hydrogens is 508 g/mol. The molecule has 8 nitrogen and oxygen atoms in total. The van der Waals surface area contributed by atoms with Gasteiger partial charge in [0.25, 0.3) is 5.91 Å². The fourth-order valence-corrected chi connectivity index (χ4v) is 5.87. The summed E-state index contributed by atoms with van der Waals surface area (Å²) in [5, 5.41) is 14.3. The normalized spacial score (nSPS) is 21.7. The van der Waals surface area contributed by atoms with Gasteiger partial charge in [-0.3, -0.25) is 14.5 Å². The van der Waals surface area contributed by atoms with Gasteiger partial charge in [-0.05, 0) is 79.8 Å². The van der Waals surface area contributed by atoms with Crippen LogP contribution in [0.4, 0.5) is 16.2 Å². The number of nitrogens with one attached hydrogen (secondary N) is 1. The molecule has 2 N–H and O–H groups in total. The van der Waals surface area contributed by atoms with Crippen LogP contribution in [-0.4, -0.2) is 43.3 Å². The third-order valence-electron chi connectivity index (χ3n) is 7.77. The van der Waals surface area contributed by atoms with E-state index in [-0.39, 0.29) is 23.8 Å². The Hall–Kier alpha value is -3.10. The Bertz CT molecular complexity index is 1180. The van der Waals surface area contributed by atoms with Crippen LogP contribution in [0.15, 0.2) is 36.4 Å². The number of carbonyl (C=O) groups excluding carboxylic acids is 3. The monoisotopic (exact) mass is 542 g/mol. The van der Waals surface area contributed by atoms with Crippen LogP contribution >= 0.6 is 11.6 Å². The molecule has 9 heteroatoms. The Balaban J connectivity index is 1.68. The molecule has 2 aliphatic rings. The van der Waals surface area contributed by atoms with Crippen LogP contribution in [0.1, 0.15) is 61.8 Å². The minimum atomic E-state index is -1.39. The highest BCUT2D eigenvalue weighted by atomic mass is 35.5. The number of nitrogens with zero attached hydrogens (tertiary/aromatic N) is 1. The number of carbonyl (C=O) groups is 3. The van der Waals surface area contributed by atoms with Crippen LogP contribution < -0.4 is 10.2 Å². The van der Waals surface area contributed by atoms with Crippen molar-refractivity contribution >= 4 is 40.9 Å². The summed E-state index contributed by atoms with van der Waals surface area (Å²) in [5.74, 6) is -0.637. The second-order valence-electron chi connectivity index (χ2n) is 10.2. The number of aliphatic hydroxyl groups excluding tert-OH is 1. The van der Waals surface area contributed by atoms with Crippen molar-refractivity contribution < 1.29 is 29.0 Å². The van der Waals surface area contributed by atoms with Crippen molar-refractivity contribution in [2.75, 3.05) is 24.4 Å². The molecule has 2 aromatic carbocycles. The number of anilines is 2. The molecule has 0 saturated heterocycles. The highest BCUT2D eigenvalue weighted by Gasteiger charge is 2.34. The van der Waals surface area contributed by atoms with Crippen molar-refractivity contribution in [1.82, 2.24) is 0 Å². The summed E-state index contributed by atoms with van der Waals surface area (Å²) in [6.45, 7) is 1.96. The summed E-state index contributed by atoms with van der Waals surface area (Å²) < 4.78 is 10.0. The van der Waals surface area contributed by atoms with Gasteiger partial charge in [0, 0.05) is 16.8 Å². The molecule has 0 bridgehead atoms. The fourth-order valence-electron chi connectivity index (χ4n) is 5.74. The number of fused-ring (bicyclic) bond motifs is 1. The number of hydrogen-bond acceptors (Lipinski definition) is 6. The lowest BCUT2D eigenvalue weighted by Gasteiger charge is -2.36. The molecule has 38 heavy (non-hydrogen) atoms. The lowest BCUT2D eigenvalue weighted by Crippen LogP contribution is -2.42. The van der Waals surface area contributed by atoms with Gasteiger partial charge in [0.15, 0.2) is 6.10 Å². The second-order valence-corrected chi connectivity index (χ2v) is 10.7. The molecule has 0 aromatic heterocycles. The quantitative estimate of drug-likeness (QED) is 0.471. The van der Waals surface area contributed by atoms with Gasteiger partial charge in [-0.25, -0.2) is 4.79 Å². The molecule has 4 atom stereocenters. The largest absolute Gasteiger partial charge is 0.469 e. The molecule has 0 spiro atoms. The van der Waals surface area contributed by atoms with Crippen molar-refractivity contribution in [2.24, 2.45) is 11.8 Å². The maximum absolute atomic E-state index is 13.3. The number of ether oxygens (including phenoxy) is 2. The van der Waals surface area contributed by atoms with E-state index in [0.29, 0.717) is 41.2 Å². The molecule has 1 heterocycles. The Morgan fingerprint density at radius 1 is 1.08 bits per heavy atom. The van der Waals surface area contributed by atoms with E-state index in [1.54, 1.807) is 29.2 Å². The van der Waals surface area contributed by atoms with Crippen LogP contribution in [0.5, 0.6) is 0 Å². The zero-order chi connectivity index (χ0) is 27.4. The summed E-state index contributed by atoms with van der Waals surface area (Å²) in [7, 11) is 2.77. The molecule has 2 amide bonds.